The summed E-state index contributed by atoms with van der Waals surface area (Å²) >= 11 is 0. The van der Waals surface area contributed by atoms with Gasteiger partial charge in [-0.3, -0.25) is 43.9 Å². The van der Waals surface area contributed by atoms with E-state index in [1.165, 1.54) is 6.21 Å². The fraction of sp³-hybridized carbons (Fsp3) is 0.395. The van der Waals surface area contributed by atoms with E-state index in [0.717, 1.165) is 79.1 Å². The van der Waals surface area contributed by atoms with E-state index in [4.69, 9.17) is 10.4 Å². The van der Waals surface area contributed by atoms with E-state index in [-0.39, 0.29) is 41.7 Å². The van der Waals surface area contributed by atoms with E-state index in [9.17, 15) is 28.8 Å². The quantitative estimate of drug-likeness (QED) is 0.0419. The number of imidazole rings is 1. The van der Waals surface area contributed by atoms with Gasteiger partial charge in [0.15, 0.2) is 0 Å². The molecule has 3 aliphatic rings. The van der Waals surface area contributed by atoms with Gasteiger partial charge < -0.3 is 31.7 Å². The Balaban J connectivity index is 0.766. The number of anilines is 3. The summed E-state index contributed by atoms with van der Waals surface area (Å²) in [5.74, 6) is -1.16. The number of aromatic nitrogens is 2. The van der Waals surface area contributed by atoms with E-state index in [0.29, 0.717) is 48.6 Å². The number of hydrogen-bond acceptors (Lipinski definition) is 11. The average Bonchev–Trinajstić information content (AvgIpc) is 3.92. The molecule has 59 heavy (non-hydrogen) atoms. The number of carbonyl (C=O) groups excluding carboxylic acids is 6. The number of likely N-dealkylation sites (tertiary alicyclic amines) is 1. The van der Waals surface area contributed by atoms with Crippen LogP contribution in [0.4, 0.5) is 17.1 Å². The number of nitrogens with one attached hydrogen (secondary N) is 7. The number of benzene rings is 3. The molecule has 16 nitrogen and oxygen atoms in total. The first-order valence-corrected chi connectivity index (χ1v) is 20.3. The Morgan fingerprint density at radius 3 is 2.54 bits per heavy atom. The molecule has 6 amide bonds. The van der Waals surface area contributed by atoms with Gasteiger partial charge in [-0.05, 0) is 86.7 Å². The van der Waals surface area contributed by atoms with Crippen molar-refractivity contribution in [1.82, 2.24) is 30.4 Å². The van der Waals surface area contributed by atoms with Crippen molar-refractivity contribution < 1.29 is 28.8 Å². The summed E-state index contributed by atoms with van der Waals surface area (Å²) in [6.45, 7) is 3.60. The molecule has 7 rings (SSSR count). The molecule has 0 bridgehead atoms. The molecule has 0 aliphatic carbocycles. The fourth-order valence-electron chi connectivity index (χ4n) is 8.13. The van der Waals surface area contributed by atoms with Crippen molar-refractivity contribution in [3.05, 3.63) is 82.7 Å². The summed E-state index contributed by atoms with van der Waals surface area (Å²) in [6.07, 6.45) is 7.54. The van der Waals surface area contributed by atoms with Gasteiger partial charge in [0.25, 0.3) is 17.7 Å². The molecule has 3 aromatic carbocycles. The number of aromatic amines is 1. The minimum absolute atomic E-state index is 0.0750. The van der Waals surface area contributed by atoms with Crippen molar-refractivity contribution in [3.8, 4) is 0 Å². The first kappa shape index (κ1) is 40.8. The summed E-state index contributed by atoms with van der Waals surface area (Å²) in [7, 11) is 1.77. The molecule has 2 atom stereocenters. The highest BCUT2D eigenvalue weighted by molar-refractivity contribution is 6.25. The van der Waals surface area contributed by atoms with Gasteiger partial charge in [0.2, 0.25) is 17.7 Å². The van der Waals surface area contributed by atoms with Crippen LogP contribution in [0.3, 0.4) is 0 Å². The van der Waals surface area contributed by atoms with Crippen LogP contribution in [-0.2, 0) is 20.9 Å². The maximum absolute atomic E-state index is 13.3. The third-order valence-electron chi connectivity index (χ3n) is 11.2. The Labute approximate surface area is 341 Å². The van der Waals surface area contributed by atoms with Crippen molar-refractivity contribution >= 4 is 69.8 Å². The number of hydrogen-bond donors (Lipinski definition) is 7. The number of H-pyrrole nitrogens is 1. The lowest BCUT2D eigenvalue weighted by Crippen LogP contribution is -2.54. The second-order valence-electron chi connectivity index (χ2n) is 15.4. The number of nitrogens with zero attached hydrogens (tertiary/aromatic N) is 3. The Kier molecular flexibility index (Phi) is 12.7. The van der Waals surface area contributed by atoms with Gasteiger partial charge in [0.05, 0.1) is 28.7 Å². The average molecular weight is 803 g/mol. The highest BCUT2D eigenvalue weighted by Gasteiger charge is 2.45. The summed E-state index contributed by atoms with van der Waals surface area (Å²) in [5, 5.41) is 22.2. The SMILES string of the molecule is CNc1ccc(C(=O)Nc2ccc3[nH]c(CN4CCC(CC(=O)NCCCCCCCNc5cccc6c5C(=O)N(C5CCC(=O)NC5=O)C6=O)C4)nc3c2)cc1C=N. The zero-order valence-electron chi connectivity index (χ0n) is 33.1. The highest BCUT2D eigenvalue weighted by atomic mass is 16.2. The van der Waals surface area contributed by atoms with E-state index in [1.54, 1.807) is 43.4 Å². The third kappa shape index (κ3) is 9.49. The monoisotopic (exact) mass is 802 g/mol. The summed E-state index contributed by atoms with van der Waals surface area (Å²) in [5.41, 5.74) is 5.20. The van der Waals surface area contributed by atoms with Gasteiger partial charge in [-0.15, -0.1) is 0 Å². The third-order valence-corrected chi connectivity index (χ3v) is 11.2. The van der Waals surface area contributed by atoms with Crippen LogP contribution >= 0.6 is 0 Å². The number of unbranched alkanes of at least 4 members (excludes halogenated alkanes) is 4. The van der Waals surface area contributed by atoms with Crippen LogP contribution in [0.2, 0.25) is 0 Å². The van der Waals surface area contributed by atoms with E-state index < -0.39 is 29.7 Å². The standard InChI is InChI=1S/C43H50N10O6/c1-45-31-12-10-27(21-28(31)23-44)40(56)48-29-11-13-32-34(22-29)50-36(49-32)25-52-19-16-26(24-52)20-38(55)47-18-6-4-2-3-5-17-46-33-9-7-8-30-39(33)43(59)53(42(30)58)35-14-15-37(54)51-41(35)57/h7-13,21-23,26,35,44-46H,2-6,14-20,24-25H2,1H3,(H,47,55)(H,48,56)(H,49,50)(H,51,54,57). The Hall–Kier alpha value is -6.42. The van der Waals surface area contributed by atoms with Gasteiger partial charge in [-0.25, -0.2) is 4.98 Å². The van der Waals surface area contributed by atoms with Crippen LogP contribution in [0.5, 0.6) is 0 Å². The molecule has 0 radical (unpaired) electrons. The lowest BCUT2D eigenvalue weighted by atomic mass is 10.0. The molecule has 0 saturated carbocycles. The molecular formula is C43H50N10O6. The van der Waals surface area contributed by atoms with Gasteiger partial charge in [-0.1, -0.05) is 25.3 Å². The number of rotatable bonds is 18. The van der Waals surface area contributed by atoms with Gasteiger partial charge >= 0.3 is 0 Å². The second kappa shape index (κ2) is 18.4. The van der Waals surface area contributed by atoms with Crippen LogP contribution in [0, 0.1) is 11.3 Å². The topological polar surface area (TPSA) is 222 Å². The first-order valence-electron chi connectivity index (χ1n) is 20.3. The van der Waals surface area contributed by atoms with Crippen LogP contribution in [0.25, 0.3) is 11.0 Å². The normalized spacial score (nSPS) is 17.9. The Morgan fingerprint density at radius 2 is 1.75 bits per heavy atom. The molecule has 308 valence electrons. The number of imide groups is 2. The predicted molar refractivity (Wildman–Crippen MR) is 224 cm³/mol. The summed E-state index contributed by atoms with van der Waals surface area (Å²) in [6, 6.07) is 14.8. The van der Waals surface area contributed by atoms with Crippen molar-refractivity contribution in [2.45, 2.75) is 70.4 Å². The van der Waals surface area contributed by atoms with Crippen LogP contribution in [0.15, 0.2) is 54.6 Å². The maximum Gasteiger partial charge on any atom is 0.264 e. The van der Waals surface area contributed by atoms with Gasteiger partial charge in [-0.2, -0.15) is 0 Å². The van der Waals surface area contributed by atoms with Crippen molar-refractivity contribution in [2.75, 3.05) is 49.2 Å². The van der Waals surface area contributed by atoms with Crippen molar-refractivity contribution in [2.24, 2.45) is 5.92 Å². The summed E-state index contributed by atoms with van der Waals surface area (Å²) in [4.78, 5) is 87.4. The van der Waals surface area contributed by atoms with Crippen LogP contribution < -0.4 is 26.6 Å². The molecule has 7 N–H and O–H groups in total. The van der Waals surface area contributed by atoms with Crippen molar-refractivity contribution in [1.29, 1.82) is 5.41 Å². The smallest absolute Gasteiger partial charge is 0.264 e. The molecule has 4 aromatic rings. The molecule has 3 aliphatic heterocycles. The molecule has 2 unspecified atom stereocenters. The zero-order chi connectivity index (χ0) is 41.5. The largest absolute Gasteiger partial charge is 0.388 e. The number of fused-ring (bicyclic) bond motifs is 2. The minimum Gasteiger partial charge on any atom is -0.388 e. The van der Waals surface area contributed by atoms with Crippen molar-refractivity contribution in [3.63, 3.8) is 0 Å². The van der Waals surface area contributed by atoms with E-state index in [1.807, 2.05) is 18.2 Å². The van der Waals surface area contributed by atoms with Gasteiger partial charge in [0.1, 0.15) is 11.9 Å². The number of amides is 6. The second-order valence-corrected chi connectivity index (χ2v) is 15.4. The molecular weight excluding hydrogens is 753 g/mol. The van der Waals surface area contributed by atoms with Gasteiger partial charge in [0, 0.05) is 73.9 Å². The highest BCUT2D eigenvalue weighted by Crippen LogP contribution is 2.32. The minimum atomic E-state index is -0.995. The van der Waals surface area contributed by atoms with Crippen LogP contribution in [0.1, 0.15) is 100 Å². The molecule has 16 heteroatoms. The van der Waals surface area contributed by atoms with E-state index in [2.05, 4.69) is 36.5 Å². The zero-order valence-corrected chi connectivity index (χ0v) is 33.1. The number of carbonyl (C=O) groups is 6. The Morgan fingerprint density at radius 1 is 0.932 bits per heavy atom. The lowest BCUT2D eigenvalue weighted by molar-refractivity contribution is -0.136. The lowest BCUT2D eigenvalue weighted by Gasteiger charge is -2.27. The molecule has 1 aromatic heterocycles. The maximum atomic E-state index is 13.3. The predicted octanol–water partition coefficient (Wildman–Crippen LogP) is 4.65. The molecule has 4 heterocycles. The summed E-state index contributed by atoms with van der Waals surface area (Å²) < 4.78 is 0. The molecule has 2 saturated heterocycles. The molecule has 2 fully saturated rings. The molecule has 0 spiro atoms. The first-order chi connectivity index (χ1) is 28.6. The van der Waals surface area contributed by atoms with E-state index >= 15 is 0 Å². The fourth-order valence-corrected chi connectivity index (χ4v) is 8.13. The number of piperidine rings is 1. The Bertz CT molecular complexity index is 2290. The van der Waals surface area contributed by atoms with Crippen LogP contribution in [-0.4, -0.2) is 101 Å².